The van der Waals surface area contributed by atoms with Crippen molar-refractivity contribution in [3.8, 4) is 0 Å². The number of carbonyl (C=O) groups excluding carboxylic acids is 1. The average molecular weight is 929 g/mol. The third-order valence-corrected chi connectivity index (χ3v) is 15.1. The van der Waals surface area contributed by atoms with Crippen molar-refractivity contribution in [1.82, 2.24) is 5.32 Å². The molecule has 0 aromatic heterocycles. The molecule has 19 atom stereocenters. The van der Waals surface area contributed by atoms with Crippen LogP contribution in [-0.2, 0) is 33.3 Å². The standard InChI is InChI=1S/C45H76Cl3NO12/c1-11-30(40(52)53)33-15-14-24(4)38(60-33)28(8)36(50)27(7)37(51)31(12-2)39-26(6)22-25(5)32(59-39)16-17-34(49-41(54)57-23-45(46,47)48)44(56)21-20-42(10,61-44)35-18-19-43(55,13-3)29(9)58-35/h16-17,24-36,38-39,41,49-50,54-56H,11-15,18-23H2,1-10H3,(H,52,53)/b17-16-/t24-,25+,26-,27-,28-,29-,30+,31?,32+,33+,34+,35+,36+,38+,39-,41?,42-,43+,44+/m0/s1. The Balaban J connectivity index is 1.52. The number of rotatable bonds is 19. The van der Waals surface area contributed by atoms with E-state index in [0.29, 0.717) is 44.9 Å². The second kappa shape index (κ2) is 21.8. The van der Waals surface area contributed by atoms with E-state index in [1.165, 1.54) is 0 Å². The zero-order valence-corrected chi connectivity index (χ0v) is 40.2. The van der Waals surface area contributed by atoms with Gasteiger partial charge in [-0.05, 0) is 89.4 Å². The smallest absolute Gasteiger partial charge is 0.309 e. The summed E-state index contributed by atoms with van der Waals surface area (Å²) in [6.45, 7) is 18.8. The van der Waals surface area contributed by atoms with Gasteiger partial charge in [-0.1, -0.05) is 102 Å². The molecule has 4 saturated heterocycles. The van der Waals surface area contributed by atoms with Gasteiger partial charge in [0.05, 0.1) is 72.5 Å². The van der Waals surface area contributed by atoms with Gasteiger partial charge in [0, 0.05) is 24.2 Å². The second-order valence-electron chi connectivity index (χ2n) is 19.2. The van der Waals surface area contributed by atoms with Crippen LogP contribution in [0.5, 0.6) is 0 Å². The number of nitrogens with one attached hydrogen (secondary N) is 1. The highest BCUT2D eigenvalue weighted by molar-refractivity contribution is 6.67. The molecule has 0 saturated carbocycles. The van der Waals surface area contributed by atoms with Crippen LogP contribution < -0.4 is 5.32 Å². The van der Waals surface area contributed by atoms with Gasteiger partial charge in [-0.25, -0.2) is 0 Å². The highest BCUT2D eigenvalue weighted by atomic mass is 35.6. The first-order chi connectivity index (χ1) is 28.3. The molecule has 2 unspecified atom stereocenters. The van der Waals surface area contributed by atoms with E-state index in [4.69, 9.17) is 58.5 Å². The van der Waals surface area contributed by atoms with E-state index in [9.17, 15) is 35.1 Å². The summed E-state index contributed by atoms with van der Waals surface area (Å²) in [5.41, 5.74) is -1.87. The summed E-state index contributed by atoms with van der Waals surface area (Å²) >= 11 is 17.7. The predicted octanol–water partition coefficient (Wildman–Crippen LogP) is 7.08. The van der Waals surface area contributed by atoms with E-state index in [0.717, 1.165) is 12.8 Å². The van der Waals surface area contributed by atoms with E-state index >= 15 is 0 Å². The molecule has 0 amide bonds. The van der Waals surface area contributed by atoms with Crippen LogP contribution in [0.15, 0.2) is 12.2 Å². The molecule has 0 spiro atoms. The normalized spacial score (nSPS) is 39.9. The van der Waals surface area contributed by atoms with Gasteiger partial charge >= 0.3 is 5.97 Å². The number of hydrogen-bond donors (Lipinski definition) is 6. The lowest BCUT2D eigenvalue weighted by Gasteiger charge is -2.46. The Morgan fingerprint density at radius 1 is 0.885 bits per heavy atom. The largest absolute Gasteiger partial charge is 0.481 e. The van der Waals surface area contributed by atoms with E-state index in [-0.39, 0.29) is 30.0 Å². The number of hydrogen-bond acceptors (Lipinski definition) is 12. The number of carboxylic acids is 1. The van der Waals surface area contributed by atoms with Crippen molar-refractivity contribution in [3.63, 3.8) is 0 Å². The third kappa shape index (κ3) is 12.8. The molecule has 4 heterocycles. The predicted molar refractivity (Wildman–Crippen MR) is 234 cm³/mol. The topological polar surface area (TPSA) is 193 Å². The maximum Gasteiger partial charge on any atom is 0.309 e. The minimum Gasteiger partial charge on any atom is -0.481 e. The van der Waals surface area contributed by atoms with E-state index in [1.54, 1.807) is 13.0 Å². The Hall–Kier alpha value is -0.650. The van der Waals surface area contributed by atoms with Gasteiger partial charge in [-0.2, -0.15) is 0 Å². The first-order valence-electron chi connectivity index (χ1n) is 22.7. The summed E-state index contributed by atoms with van der Waals surface area (Å²) in [6.07, 6.45) is 3.42. The lowest BCUT2D eigenvalue weighted by atomic mass is 9.73. The Bertz CT molecular complexity index is 1470. The number of halogens is 3. The Morgan fingerprint density at radius 2 is 1.54 bits per heavy atom. The summed E-state index contributed by atoms with van der Waals surface area (Å²) in [5, 5.41) is 58.6. The summed E-state index contributed by atoms with van der Waals surface area (Å²) in [6, 6.07) is -1.05. The Labute approximate surface area is 378 Å². The molecule has 0 aliphatic carbocycles. The first-order valence-corrected chi connectivity index (χ1v) is 23.8. The van der Waals surface area contributed by atoms with Gasteiger partial charge in [0.25, 0.3) is 0 Å². The molecule has 4 rings (SSSR count). The fourth-order valence-corrected chi connectivity index (χ4v) is 10.8. The Kier molecular flexibility index (Phi) is 18.9. The highest BCUT2D eigenvalue weighted by Crippen LogP contribution is 2.47. The van der Waals surface area contributed by atoms with Crippen LogP contribution in [0.3, 0.4) is 0 Å². The zero-order valence-electron chi connectivity index (χ0n) is 37.9. The zero-order chi connectivity index (χ0) is 45.8. The lowest BCUT2D eigenvalue weighted by molar-refractivity contribution is -0.281. The molecule has 0 aromatic carbocycles. The van der Waals surface area contributed by atoms with Crippen molar-refractivity contribution in [2.24, 2.45) is 41.4 Å². The minimum absolute atomic E-state index is 0.0112. The molecule has 4 aliphatic heterocycles. The maximum atomic E-state index is 14.4. The number of carboxylic acid groups (broad SMARTS) is 1. The van der Waals surface area contributed by atoms with Gasteiger partial charge in [-0.3, -0.25) is 14.9 Å². The molecular weight excluding hydrogens is 853 g/mol. The van der Waals surface area contributed by atoms with Crippen LogP contribution in [0.1, 0.15) is 133 Å². The minimum atomic E-state index is -1.85. The number of carbonyl (C=O) groups is 2. The SMILES string of the molecule is CCC(C(=O)[C@@H](C)[C@@H](O)[C@H](C)[C@@H]1O[C@@H]([C@@H](CC)C(=O)O)CC[C@@H]1C)[C@H]1O[C@H](/C=C\[C@@H](NC(O)OCC(Cl)(Cl)Cl)[C@@]2(O)CC[C@@](C)([C@H]3CC[C@](O)(CC)[C@H](C)O3)O2)[C@H](C)C[C@@H]1C. The fraction of sp³-hybridized carbons (Fsp3) is 0.911. The maximum absolute atomic E-state index is 14.4. The van der Waals surface area contributed by atoms with Gasteiger partial charge in [0.2, 0.25) is 10.2 Å². The molecule has 61 heavy (non-hydrogen) atoms. The van der Waals surface area contributed by atoms with E-state index in [1.807, 2.05) is 54.5 Å². The lowest BCUT2D eigenvalue weighted by Crippen LogP contribution is -2.58. The molecule has 0 radical (unpaired) electrons. The van der Waals surface area contributed by atoms with Crippen molar-refractivity contribution in [1.29, 1.82) is 0 Å². The molecule has 354 valence electrons. The monoisotopic (exact) mass is 927 g/mol. The van der Waals surface area contributed by atoms with Gasteiger partial charge in [-0.15, -0.1) is 0 Å². The van der Waals surface area contributed by atoms with Crippen molar-refractivity contribution in [2.75, 3.05) is 6.61 Å². The van der Waals surface area contributed by atoms with Crippen LogP contribution in [-0.4, -0.2) is 120 Å². The van der Waals surface area contributed by atoms with E-state index in [2.05, 4.69) is 19.2 Å². The van der Waals surface area contributed by atoms with Crippen LogP contribution in [0.4, 0.5) is 0 Å². The second-order valence-corrected chi connectivity index (χ2v) is 21.7. The van der Waals surface area contributed by atoms with Crippen LogP contribution in [0.25, 0.3) is 0 Å². The fourth-order valence-electron chi connectivity index (χ4n) is 10.6. The molecule has 0 bridgehead atoms. The van der Waals surface area contributed by atoms with Crippen molar-refractivity contribution >= 4 is 46.6 Å². The number of aliphatic hydroxyl groups is 4. The highest BCUT2D eigenvalue weighted by Gasteiger charge is 2.56. The summed E-state index contributed by atoms with van der Waals surface area (Å²) in [7, 11) is 0. The van der Waals surface area contributed by atoms with Gasteiger partial charge < -0.3 is 49.2 Å². The Morgan fingerprint density at radius 3 is 2.11 bits per heavy atom. The van der Waals surface area contributed by atoms with E-state index < -0.39 is 112 Å². The number of ketones is 1. The summed E-state index contributed by atoms with van der Waals surface area (Å²) in [4.78, 5) is 26.4. The van der Waals surface area contributed by atoms with Crippen LogP contribution >= 0.6 is 34.8 Å². The average Bonchev–Trinajstić information content (AvgIpc) is 3.53. The number of alkyl halides is 3. The van der Waals surface area contributed by atoms with Gasteiger partial charge in [0.15, 0.2) is 5.79 Å². The number of ether oxygens (including phenoxy) is 5. The third-order valence-electron chi connectivity index (χ3n) is 14.8. The quantitative estimate of drug-likeness (QED) is 0.0438. The number of Topliss-reactive ketones (excluding diaryl/α,β-unsaturated/α-hetero) is 1. The molecule has 16 heteroatoms. The summed E-state index contributed by atoms with van der Waals surface area (Å²) in [5.74, 6) is -5.05. The molecular formula is C45H76Cl3NO12. The molecule has 13 nitrogen and oxygen atoms in total. The summed E-state index contributed by atoms with van der Waals surface area (Å²) < 4.78 is 29.6. The van der Waals surface area contributed by atoms with Crippen LogP contribution in [0, 0.1) is 41.4 Å². The number of aliphatic carboxylic acids is 1. The number of aliphatic hydroxyl groups excluding tert-OH is 2. The molecule has 4 fully saturated rings. The van der Waals surface area contributed by atoms with Crippen molar-refractivity contribution in [3.05, 3.63) is 12.2 Å². The van der Waals surface area contributed by atoms with Crippen molar-refractivity contribution in [2.45, 2.75) is 209 Å². The molecule has 0 aromatic rings. The van der Waals surface area contributed by atoms with Crippen LogP contribution in [0.2, 0.25) is 0 Å². The van der Waals surface area contributed by atoms with Gasteiger partial charge in [0.1, 0.15) is 5.78 Å². The molecule has 4 aliphatic rings. The molecule has 6 N–H and O–H groups in total. The van der Waals surface area contributed by atoms with Crippen molar-refractivity contribution < 1.29 is 58.8 Å². The first kappa shape index (κ1) is 53.0.